The fraction of sp³-hybridized carbons (Fsp3) is 0.316. The minimum atomic E-state index is -0.103. The van der Waals surface area contributed by atoms with E-state index in [2.05, 4.69) is 5.32 Å². The number of thioether (sulfide) groups is 1. The van der Waals surface area contributed by atoms with E-state index in [0.717, 1.165) is 34.1 Å². The van der Waals surface area contributed by atoms with Crippen LogP contribution in [0, 0.1) is 6.92 Å². The molecule has 1 atom stereocenters. The third-order valence-corrected chi connectivity index (χ3v) is 5.48. The van der Waals surface area contributed by atoms with Crippen molar-refractivity contribution in [3.63, 3.8) is 0 Å². The summed E-state index contributed by atoms with van der Waals surface area (Å²) in [6, 6.07) is 13.4. The highest BCUT2D eigenvalue weighted by Crippen LogP contribution is 2.43. The molecular formula is C19H22N2O3S. The zero-order valence-corrected chi connectivity index (χ0v) is 15.4. The number of rotatable bonds is 4. The van der Waals surface area contributed by atoms with Crippen molar-refractivity contribution in [1.82, 2.24) is 4.90 Å². The van der Waals surface area contributed by atoms with Crippen molar-refractivity contribution >= 4 is 23.5 Å². The number of urea groups is 1. The van der Waals surface area contributed by atoms with Crippen molar-refractivity contribution in [2.45, 2.75) is 12.3 Å². The average molecular weight is 358 g/mol. The van der Waals surface area contributed by atoms with Gasteiger partial charge in [0.15, 0.2) is 0 Å². The number of aryl methyl sites for hydroxylation is 1. The number of para-hydroxylation sites is 1. The van der Waals surface area contributed by atoms with Crippen LogP contribution >= 0.6 is 11.8 Å². The summed E-state index contributed by atoms with van der Waals surface area (Å²) in [5.74, 6) is 2.39. The van der Waals surface area contributed by atoms with Crippen LogP contribution in [0.4, 0.5) is 10.5 Å². The van der Waals surface area contributed by atoms with E-state index in [1.165, 1.54) is 0 Å². The van der Waals surface area contributed by atoms with Gasteiger partial charge in [-0.1, -0.05) is 18.2 Å². The minimum absolute atomic E-state index is 0.103. The predicted molar refractivity (Wildman–Crippen MR) is 102 cm³/mol. The number of nitrogens with zero attached hydrogens (tertiary/aromatic N) is 1. The second kappa shape index (κ2) is 7.70. The monoisotopic (exact) mass is 358 g/mol. The van der Waals surface area contributed by atoms with Crippen molar-refractivity contribution in [3.8, 4) is 11.5 Å². The quantitative estimate of drug-likeness (QED) is 0.886. The number of carbonyl (C=O) groups is 1. The predicted octanol–water partition coefficient (Wildman–Crippen LogP) is 4.29. The standard InChI is InChI=1S/C19H22N2O3S/c1-13-6-4-5-7-16(13)20-19(22)21-10-11-25-18(21)15-12-14(23-2)8-9-17(15)24-3/h4-9,12,18H,10-11H2,1-3H3,(H,20,22)/t18-/m1/s1. The molecule has 0 saturated carbocycles. The maximum absolute atomic E-state index is 12.8. The Morgan fingerprint density at radius 1 is 1.20 bits per heavy atom. The summed E-state index contributed by atoms with van der Waals surface area (Å²) in [7, 11) is 3.28. The number of ether oxygens (including phenoxy) is 2. The molecule has 0 spiro atoms. The van der Waals surface area contributed by atoms with E-state index in [-0.39, 0.29) is 11.4 Å². The molecule has 1 fully saturated rings. The van der Waals surface area contributed by atoms with Gasteiger partial charge in [0.25, 0.3) is 0 Å². The molecule has 1 N–H and O–H groups in total. The van der Waals surface area contributed by atoms with Crippen molar-refractivity contribution in [2.75, 3.05) is 31.8 Å². The molecule has 0 aromatic heterocycles. The van der Waals surface area contributed by atoms with Crippen LogP contribution in [-0.4, -0.2) is 37.4 Å². The van der Waals surface area contributed by atoms with E-state index in [1.807, 2.05) is 54.3 Å². The van der Waals surface area contributed by atoms with E-state index >= 15 is 0 Å². The molecule has 2 aromatic rings. The van der Waals surface area contributed by atoms with Crippen LogP contribution in [0.25, 0.3) is 0 Å². The molecule has 0 unspecified atom stereocenters. The first-order chi connectivity index (χ1) is 12.1. The van der Waals surface area contributed by atoms with Gasteiger partial charge in [0, 0.05) is 23.5 Å². The summed E-state index contributed by atoms with van der Waals surface area (Å²) in [5.41, 5.74) is 2.82. The molecule has 1 heterocycles. The molecule has 132 valence electrons. The van der Waals surface area contributed by atoms with Gasteiger partial charge in [-0.15, -0.1) is 11.8 Å². The van der Waals surface area contributed by atoms with Crippen molar-refractivity contribution in [3.05, 3.63) is 53.6 Å². The van der Waals surface area contributed by atoms with E-state index < -0.39 is 0 Å². The number of hydrogen-bond donors (Lipinski definition) is 1. The van der Waals surface area contributed by atoms with Gasteiger partial charge < -0.3 is 19.7 Å². The summed E-state index contributed by atoms with van der Waals surface area (Å²) in [5, 5.41) is 2.92. The van der Waals surface area contributed by atoms with Crippen LogP contribution in [0.5, 0.6) is 11.5 Å². The Hall–Kier alpha value is -2.34. The average Bonchev–Trinajstić information content (AvgIpc) is 3.12. The molecule has 1 aliphatic rings. The fourth-order valence-electron chi connectivity index (χ4n) is 2.87. The second-order valence-corrected chi connectivity index (χ2v) is 6.96. The van der Waals surface area contributed by atoms with Gasteiger partial charge in [-0.2, -0.15) is 0 Å². The number of hydrogen-bond acceptors (Lipinski definition) is 4. The van der Waals surface area contributed by atoms with Crippen LogP contribution in [0.2, 0.25) is 0 Å². The molecule has 3 rings (SSSR count). The normalized spacial score (nSPS) is 16.6. The first-order valence-corrected chi connectivity index (χ1v) is 9.15. The van der Waals surface area contributed by atoms with Crippen LogP contribution in [0.3, 0.4) is 0 Å². The lowest BCUT2D eigenvalue weighted by atomic mass is 10.1. The number of anilines is 1. The van der Waals surface area contributed by atoms with Crippen molar-refractivity contribution in [1.29, 1.82) is 0 Å². The summed E-state index contributed by atoms with van der Waals surface area (Å²) >= 11 is 1.72. The van der Waals surface area contributed by atoms with Gasteiger partial charge in [0.1, 0.15) is 16.9 Å². The second-order valence-electron chi connectivity index (χ2n) is 5.77. The van der Waals surface area contributed by atoms with Gasteiger partial charge >= 0.3 is 6.03 Å². The first-order valence-electron chi connectivity index (χ1n) is 8.11. The van der Waals surface area contributed by atoms with Gasteiger partial charge in [-0.3, -0.25) is 0 Å². The largest absolute Gasteiger partial charge is 0.497 e. The Kier molecular flexibility index (Phi) is 5.38. The zero-order chi connectivity index (χ0) is 17.8. The maximum atomic E-state index is 12.8. The SMILES string of the molecule is COc1ccc(OC)c([C@H]2SCCN2C(=O)Nc2ccccc2C)c1. The number of carbonyl (C=O) groups excluding carboxylic acids is 1. The van der Waals surface area contributed by atoms with Gasteiger partial charge in [0.05, 0.1) is 14.2 Å². The summed E-state index contributed by atoms with van der Waals surface area (Å²) in [6.45, 7) is 2.67. The molecule has 0 aliphatic carbocycles. The third-order valence-electron chi connectivity index (χ3n) is 4.24. The summed E-state index contributed by atoms with van der Waals surface area (Å²) in [4.78, 5) is 14.7. The third kappa shape index (κ3) is 3.69. The zero-order valence-electron chi connectivity index (χ0n) is 14.6. The highest BCUT2D eigenvalue weighted by atomic mass is 32.2. The Morgan fingerprint density at radius 3 is 2.72 bits per heavy atom. The van der Waals surface area contributed by atoms with Gasteiger partial charge in [-0.05, 0) is 36.8 Å². The molecule has 1 aliphatic heterocycles. The Balaban J connectivity index is 1.85. The van der Waals surface area contributed by atoms with Gasteiger partial charge in [0.2, 0.25) is 0 Å². The lowest BCUT2D eigenvalue weighted by molar-refractivity contribution is 0.213. The molecular weight excluding hydrogens is 336 g/mol. The fourth-order valence-corrected chi connectivity index (χ4v) is 4.14. The first kappa shape index (κ1) is 17.5. The molecule has 0 radical (unpaired) electrons. The van der Waals surface area contributed by atoms with Crippen LogP contribution in [0.15, 0.2) is 42.5 Å². The van der Waals surface area contributed by atoms with E-state index in [0.29, 0.717) is 6.54 Å². The van der Waals surface area contributed by atoms with E-state index in [4.69, 9.17) is 9.47 Å². The Bertz CT molecular complexity index is 766. The van der Waals surface area contributed by atoms with Crippen molar-refractivity contribution < 1.29 is 14.3 Å². The van der Waals surface area contributed by atoms with E-state index in [1.54, 1.807) is 26.0 Å². The van der Waals surface area contributed by atoms with Crippen molar-refractivity contribution in [2.24, 2.45) is 0 Å². The number of methoxy groups -OCH3 is 2. The highest BCUT2D eigenvalue weighted by molar-refractivity contribution is 7.99. The minimum Gasteiger partial charge on any atom is -0.497 e. The molecule has 0 bridgehead atoms. The number of nitrogens with one attached hydrogen (secondary N) is 1. The van der Waals surface area contributed by atoms with Gasteiger partial charge in [-0.25, -0.2) is 4.79 Å². The maximum Gasteiger partial charge on any atom is 0.323 e. The lowest BCUT2D eigenvalue weighted by Crippen LogP contribution is -2.34. The van der Waals surface area contributed by atoms with E-state index in [9.17, 15) is 4.79 Å². The summed E-state index contributed by atoms with van der Waals surface area (Å²) in [6.07, 6.45) is 0. The lowest BCUT2D eigenvalue weighted by Gasteiger charge is -2.26. The Labute approximate surface area is 152 Å². The topological polar surface area (TPSA) is 50.8 Å². The highest BCUT2D eigenvalue weighted by Gasteiger charge is 2.33. The number of amides is 2. The summed E-state index contributed by atoms with van der Waals surface area (Å²) < 4.78 is 10.8. The number of benzene rings is 2. The molecule has 2 aromatic carbocycles. The molecule has 6 heteroatoms. The molecule has 25 heavy (non-hydrogen) atoms. The van der Waals surface area contributed by atoms with Crippen LogP contribution in [0.1, 0.15) is 16.5 Å². The van der Waals surface area contributed by atoms with Crippen LogP contribution < -0.4 is 14.8 Å². The molecule has 2 amide bonds. The smallest absolute Gasteiger partial charge is 0.323 e. The Morgan fingerprint density at radius 2 is 2.00 bits per heavy atom. The van der Waals surface area contributed by atoms with Crippen LogP contribution in [-0.2, 0) is 0 Å². The molecule has 5 nitrogen and oxygen atoms in total. The molecule has 1 saturated heterocycles.